The summed E-state index contributed by atoms with van der Waals surface area (Å²) >= 11 is 0. The fraction of sp³-hybridized carbons (Fsp3) is 0.389. The van der Waals surface area contributed by atoms with Gasteiger partial charge in [-0.2, -0.15) is 0 Å². The van der Waals surface area contributed by atoms with Crippen LogP contribution in [0.3, 0.4) is 0 Å². The number of piperazine rings is 1. The van der Waals surface area contributed by atoms with Gasteiger partial charge in [-0.1, -0.05) is 5.16 Å². The molecule has 3 aromatic heterocycles. The molecule has 1 aliphatic rings. The number of carbonyl (C=O) groups excluding carboxylic acids is 1. The van der Waals surface area contributed by atoms with Gasteiger partial charge < -0.3 is 14.3 Å². The molecular weight excluding hydrogens is 346 g/mol. The molecule has 140 valence electrons. The van der Waals surface area contributed by atoms with Gasteiger partial charge in [-0.25, -0.2) is 15.0 Å². The maximum atomic E-state index is 12.8. The zero-order valence-electron chi connectivity index (χ0n) is 15.6. The molecule has 4 rings (SSSR count). The SMILES string of the molecule is Cc1noc(C)c1C(=O)N1CCN(c2cc(-n3ccnc3C)ncn2)CC1. The molecule has 9 heteroatoms. The first kappa shape index (κ1) is 17.2. The minimum Gasteiger partial charge on any atom is -0.361 e. The van der Waals surface area contributed by atoms with Crippen LogP contribution in [-0.2, 0) is 0 Å². The third-order valence-electron chi connectivity index (χ3n) is 4.85. The van der Waals surface area contributed by atoms with Crippen molar-refractivity contribution in [1.29, 1.82) is 0 Å². The van der Waals surface area contributed by atoms with Crippen LogP contribution in [0.1, 0.15) is 27.6 Å². The number of anilines is 1. The van der Waals surface area contributed by atoms with Gasteiger partial charge in [-0.3, -0.25) is 9.36 Å². The first-order valence-electron chi connectivity index (χ1n) is 8.84. The van der Waals surface area contributed by atoms with Crippen LogP contribution in [0.25, 0.3) is 5.82 Å². The Hall–Kier alpha value is -3.23. The molecule has 0 spiro atoms. The minimum atomic E-state index is -0.0247. The Labute approximate surface area is 156 Å². The van der Waals surface area contributed by atoms with Crippen molar-refractivity contribution >= 4 is 11.7 Å². The molecule has 0 bridgehead atoms. The Bertz CT molecular complexity index is 950. The highest BCUT2D eigenvalue weighted by atomic mass is 16.5. The first-order chi connectivity index (χ1) is 13.0. The number of imidazole rings is 1. The van der Waals surface area contributed by atoms with Gasteiger partial charge in [0.25, 0.3) is 5.91 Å². The Kier molecular flexibility index (Phi) is 4.35. The summed E-state index contributed by atoms with van der Waals surface area (Å²) in [4.78, 5) is 29.7. The molecule has 9 nitrogen and oxygen atoms in total. The van der Waals surface area contributed by atoms with E-state index in [1.54, 1.807) is 26.4 Å². The zero-order valence-corrected chi connectivity index (χ0v) is 15.6. The van der Waals surface area contributed by atoms with Crippen LogP contribution in [0.15, 0.2) is 29.3 Å². The molecule has 0 atom stereocenters. The highest BCUT2D eigenvalue weighted by molar-refractivity contribution is 5.96. The topological polar surface area (TPSA) is 93.2 Å². The summed E-state index contributed by atoms with van der Waals surface area (Å²) in [5.74, 6) is 3.04. The molecule has 4 heterocycles. The second-order valence-electron chi connectivity index (χ2n) is 6.56. The summed E-state index contributed by atoms with van der Waals surface area (Å²) < 4.78 is 7.04. The molecule has 0 aromatic carbocycles. The maximum absolute atomic E-state index is 12.8. The monoisotopic (exact) mass is 367 g/mol. The van der Waals surface area contributed by atoms with Crippen LogP contribution < -0.4 is 4.90 Å². The van der Waals surface area contributed by atoms with Crippen molar-refractivity contribution in [2.75, 3.05) is 31.1 Å². The quantitative estimate of drug-likeness (QED) is 0.693. The first-order valence-corrected chi connectivity index (χ1v) is 8.84. The van der Waals surface area contributed by atoms with Gasteiger partial charge in [0.05, 0.1) is 5.69 Å². The van der Waals surface area contributed by atoms with Crippen molar-refractivity contribution in [2.24, 2.45) is 0 Å². The predicted octanol–water partition coefficient (Wildman–Crippen LogP) is 1.54. The number of aromatic nitrogens is 5. The Balaban J connectivity index is 1.47. The van der Waals surface area contributed by atoms with E-state index in [-0.39, 0.29) is 5.91 Å². The van der Waals surface area contributed by atoms with E-state index < -0.39 is 0 Å². The average molecular weight is 367 g/mol. The fourth-order valence-electron chi connectivity index (χ4n) is 3.35. The molecule has 27 heavy (non-hydrogen) atoms. The van der Waals surface area contributed by atoms with Gasteiger partial charge in [0, 0.05) is 44.6 Å². The van der Waals surface area contributed by atoms with E-state index in [1.807, 2.05) is 28.7 Å². The van der Waals surface area contributed by atoms with Crippen molar-refractivity contribution in [1.82, 2.24) is 29.6 Å². The third kappa shape index (κ3) is 3.16. The van der Waals surface area contributed by atoms with Crippen LogP contribution in [-0.4, -0.2) is 61.7 Å². The lowest BCUT2D eigenvalue weighted by molar-refractivity contribution is 0.0744. The number of hydrogen-bond acceptors (Lipinski definition) is 7. The zero-order chi connectivity index (χ0) is 19.0. The fourth-order valence-corrected chi connectivity index (χ4v) is 3.35. The van der Waals surface area contributed by atoms with Crippen LogP contribution in [0, 0.1) is 20.8 Å². The van der Waals surface area contributed by atoms with E-state index in [9.17, 15) is 4.79 Å². The molecule has 3 aromatic rings. The number of rotatable bonds is 3. The van der Waals surface area contributed by atoms with E-state index >= 15 is 0 Å². The molecule has 1 saturated heterocycles. The van der Waals surface area contributed by atoms with Crippen LogP contribution >= 0.6 is 0 Å². The predicted molar refractivity (Wildman–Crippen MR) is 98.0 cm³/mol. The van der Waals surface area contributed by atoms with Gasteiger partial charge >= 0.3 is 0 Å². The van der Waals surface area contributed by atoms with Crippen LogP contribution in [0.2, 0.25) is 0 Å². The lowest BCUT2D eigenvalue weighted by atomic mass is 10.1. The van der Waals surface area contributed by atoms with E-state index in [2.05, 4.69) is 25.0 Å². The minimum absolute atomic E-state index is 0.0247. The normalized spacial score (nSPS) is 14.6. The summed E-state index contributed by atoms with van der Waals surface area (Å²) in [7, 11) is 0. The van der Waals surface area contributed by atoms with Crippen LogP contribution in [0.4, 0.5) is 5.82 Å². The van der Waals surface area contributed by atoms with Gasteiger partial charge in [0.2, 0.25) is 0 Å². The lowest BCUT2D eigenvalue weighted by Crippen LogP contribution is -2.49. The average Bonchev–Trinajstić information content (AvgIpc) is 3.26. The molecule has 0 aliphatic carbocycles. The summed E-state index contributed by atoms with van der Waals surface area (Å²) in [6.45, 7) is 8.13. The van der Waals surface area contributed by atoms with Gasteiger partial charge in [-0.05, 0) is 20.8 Å². The highest BCUT2D eigenvalue weighted by Crippen LogP contribution is 2.20. The molecule has 0 N–H and O–H groups in total. The molecule has 1 fully saturated rings. The standard InChI is InChI=1S/C18H21N7O2/c1-12-17(13(2)27-22-12)18(26)24-8-6-23(7-9-24)15-10-16(21-11-20-15)25-5-4-19-14(25)3/h4-5,10-11H,6-9H2,1-3H3. The van der Waals surface area contributed by atoms with Crippen molar-refractivity contribution in [2.45, 2.75) is 20.8 Å². The summed E-state index contributed by atoms with van der Waals surface area (Å²) in [6.07, 6.45) is 5.18. The number of hydrogen-bond donors (Lipinski definition) is 0. The largest absolute Gasteiger partial charge is 0.361 e. The third-order valence-corrected chi connectivity index (χ3v) is 4.85. The molecule has 0 unspecified atom stereocenters. The van der Waals surface area contributed by atoms with Crippen LogP contribution in [0.5, 0.6) is 0 Å². The highest BCUT2D eigenvalue weighted by Gasteiger charge is 2.27. The van der Waals surface area contributed by atoms with Crippen molar-refractivity contribution in [3.05, 3.63) is 47.6 Å². The van der Waals surface area contributed by atoms with E-state index in [0.29, 0.717) is 43.2 Å². The number of nitrogens with zero attached hydrogens (tertiary/aromatic N) is 7. The Morgan fingerprint density at radius 2 is 1.78 bits per heavy atom. The smallest absolute Gasteiger partial charge is 0.259 e. The number of amides is 1. The second kappa shape index (κ2) is 6.82. The molecule has 1 aliphatic heterocycles. The van der Waals surface area contributed by atoms with Crippen molar-refractivity contribution < 1.29 is 9.32 Å². The molecule has 0 saturated carbocycles. The van der Waals surface area contributed by atoms with Crippen molar-refractivity contribution in [3.63, 3.8) is 0 Å². The van der Waals surface area contributed by atoms with Gasteiger partial charge in [0.1, 0.15) is 35.1 Å². The van der Waals surface area contributed by atoms with Gasteiger partial charge in [-0.15, -0.1) is 0 Å². The second-order valence-corrected chi connectivity index (χ2v) is 6.56. The molecular formula is C18H21N7O2. The van der Waals surface area contributed by atoms with E-state index in [4.69, 9.17) is 4.52 Å². The molecule has 1 amide bonds. The maximum Gasteiger partial charge on any atom is 0.259 e. The number of aryl methyl sites for hydroxylation is 3. The van der Waals surface area contributed by atoms with E-state index in [0.717, 1.165) is 17.5 Å². The Morgan fingerprint density at radius 1 is 1.04 bits per heavy atom. The number of carbonyl (C=O) groups is 1. The summed E-state index contributed by atoms with van der Waals surface area (Å²) in [6, 6.07) is 1.94. The Morgan fingerprint density at radius 3 is 2.41 bits per heavy atom. The lowest BCUT2D eigenvalue weighted by Gasteiger charge is -2.35. The van der Waals surface area contributed by atoms with Crippen molar-refractivity contribution in [3.8, 4) is 5.82 Å². The van der Waals surface area contributed by atoms with Gasteiger partial charge in [0.15, 0.2) is 0 Å². The summed E-state index contributed by atoms with van der Waals surface area (Å²) in [5, 5.41) is 3.88. The summed E-state index contributed by atoms with van der Waals surface area (Å²) in [5.41, 5.74) is 1.21. The van der Waals surface area contributed by atoms with E-state index in [1.165, 1.54) is 0 Å². The molecule has 0 radical (unpaired) electrons.